The standard InChI is InChI=1S/C15H16ClFN4O3/c1-7(6-24-9-3-4-10(16)11(17)5-9)19-14(22)13-12(18)8(2)20-15(23)21-13/h3-5,7H,2,6,18H2,1H3,(H,19,22)(H2,20,21,23)/t7-/m1/s1. The van der Waals surface area contributed by atoms with Gasteiger partial charge in [0.15, 0.2) is 0 Å². The SMILES string of the molecule is C=C1NC(=O)NC(C(=O)N[C@H](C)COc2ccc(Cl)c(F)c2)=C1N. The Morgan fingerprint density at radius 2 is 2.21 bits per heavy atom. The lowest BCUT2D eigenvalue weighted by molar-refractivity contribution is -0.118. The normalized spacial score (nSPS) is 15.5. The summed E-state index contributed by atoms with van der Waals surface area (Å²) in [6.45, 7) is 5.30. The van der Waals surface area contributed by atoms with Crippen LogP contribution in [-0.4, -0.2) is 24.6 Å². The zero-order chi connectivity index (χ0) is 17.9. The number of carbonyl (C=O) groups excluding carboxylic acids is 2. The molecule has 1 heterocycles. The number of halogens is 2. The minimum absolute atomic E-state index is 0.00649. The van der Waals surface area contributed by atoms with E-state index < -0.39 is 23.8 Å². The molecule has 9 heteroatoms. The van der Waals surface area contributed by atoms with Gasteiger partial charge in [0, 0.05) is 6.07 Å². The van der Waals surface area contributed by atoms with Gasteiger partial charge in [-0.3, -0.25) is 4.79 Å². The fraction of sp³-hybridized carbons (Fsp3) is 0.200. The van der Waals surface area contributed by atoms with Crippen LogP contribution < -0.4 is 26.4 Å². The lowest BCUT2D eigenvalue weighted by atomic mass is 10.2. The van der Waals surface area contributed by atoms with Crippen LogP contribution in [0.25, 0.3) is 0 Å². The number of urea groups is 1. The Hall–Kier alpha value is -2.74. The fourth-order valence-corrected chi connectivity index (χ4v) is 1.99. The van der Waals surface area contributed by atoms with E-state index >= 15 is 0 Å². The lowest BCUT2D eigenvalue weighted by Crippen LogP contribution is -2.49. The number of benzene rings is 1. The third kappa shape index (κ3) is 4.17. The molecule has 1 atom stereocenters. The second-order valence-electron chi connectivity index (χ2n) is 5.11. The maximum atomic E-state index is 13.3. The first-order chi connectivity index (χ1) is 11.3. The van der Waals surface area contributed by atoms with Crippen LogP contribution in [-0.2, 0) is 4.79 Å². The van der Waals surface area contributed by atoms with Gasteiger partial charge in [0.2, 0.25) is 0 Å². The van der Waals surface area contributed by atoms with Crippen molar-refractivity contribution in [1.29, 1.82) is 0 Å². The van der Waals surface area contributed by atoms with Gasteiger partial charge in [-0.2, -0.15) is 0 Å². The van der Waals surface area contributed by atoms with Gasteiger partial charge < -0.3 is 26.4 Å². The molecule has 1 aromatic rings. The van der Waals surface area contributed by atoms with E-state index in [0.29, 0.717) is 0 Å². The molecule has 5 N–H and O–H groups in total. The largest absolute Gasteiger partial charge is 0.491 e. The zero-order valence-electron chi connectivity index (χ0n) is 12.8. The van der Waals surface area contributed by atoms with Crippen LogP contribution in [0.3, 0.4) is 0 Å². The molecule has 1 aromatic carbocycles. The van der Waals surface area contributed by atoms with Crippen molar-refractivity contribution in [2.45, 2.75) is 13.0 Å². The summed E-state index contributed by atoms with van der Waals surface area (Å²) in [4.78, 5) is 23.5. The Labute approximate surface area is 142 Å². The van der Waals surface area contributed by atoms with Crippen LogP contribution in [0.1, 0.15) is 6.92 Å². The number of hydrogen-bond acceptors (Lipinski definition) is 4. The lowest BCUT2D eigenvalue weighted by Gasteiger charge is -2.22. The number of nitrogens with one attached hydrogen (secondary N) is 3. The van der Waals surface area contributed by atoms with E-state index in [-0.39, 0.29) is 34.5 Å². The van der Waals surface area contributed by atoms with E-state index in [1.807, 2.05) is 0 Å². The average Bonchev–Trinajstić information content (AvgIpc) is 2.52. The first-order valence-electron chi connectivity index (χ1n) is 6.93. The highest BCUT2D eigenvalue weighted by Gasteiger charge is 2.24. The molecule has 0 fully saturated rings. The molecule has 0 bridgehead atoms. The molecule has 1 aliphatic heterocycles. The quantitative estimate of drug-likeness (QED) is 0.640. The molecular weight excluding hydrogens is 339 g/mol. The number of nitrogens with two attached hydrogens (primary N) is 1. The molecule has 0 aromatic heterocycles. The van der Waals surface area contributed by atoms with Gasteiger partial charge in [-0.25, -0.2) is 9.18 Å². The van der Waals surface area contributed by atoms with E-state index in [9.17, 15) is 14.0 Å². The van der Waals surface area contributed by atoms with Crippen molar-refractivity contribution < 1.29 is 18.7 Å². The molecule has 0 spiro atoms. The summed E-state index contributed by atoms with van der Waals surface area (Å²) in [5.74, 6) is -0.901. The monoisotopic (exact) mass is 354 g/mol. The summed E-state index contributed by atoms with van der Waals surface area (Å²) in [6.07, 6.45) is 0. The smallest absolute Gasteiger partial charge is 0.323 e. The van der Waals surface area contributed by atoms with Gasteiger partial charge in [0.25, 0.3) is 5.91 Å². The molecule has 7 nitrogen and oxygen atoms in total. The molecule has 0 saturated heterocycles. The van der Waals surface area contributed by atoms with E-state index in [1.165, 1.54) is 12.1 Å². The third-order valence-corrected chi connectivity index (χ3v) is 3.40. The molecule has 2 rings (SSSR count). The molecule has 0 radical (unpaired) electrons. The molecule has 24 heavy (non-hydrogen) atoms. The summed E-state index contributed by atoms with van der Waals surface area (Å²) in [6, 6.07) is 3.00. The van der Waals surface area contributed by atoms with Gasteiger partial charge in [0.05, 0.1) is 22.5 Å². The van der Waals surface area contributed by atoms with E-state index in [4.69, 9.17) is 22.1 Å². The fourth-order valence-electron chi connectivity index (χ4n) is 1.87. The van der Waals surface area contributed by atoms with Gasteiger partial charge >= 0.3 is 6.03 Å². The maximum Gasteiger partial charge on any atom is 0.323 e. The van der Waals surface area contributed by atoms with Gasteiger partial charge in [-0.15, -0.1) is 0 Å². The van der Waals surface area contributed by atoms with Crippen molar-refractivity contribution in [3.63, 3.8) is 0 Å². The number of carbonyl (C=O) groups is 2. The molecular formula is C15H16ClFN4O3. The van der Waals surface area contributed by atoms with Crippen LogP contribution >= 0.6 is 11.6 Å². The Bertz CT molecular complexity index is 735. The van der Waals surface area contributed by atoms with E-state index in [1.54, 1.807) is 6.92 Å². The van der Waals surface area contributed by atoms with Crippen molar-refractivity contribution in [1.82, 2.24) is 16.0 Å². The Kier molecular flexibility index (Phi) is 5.30. The first-order valence-corrected chi connectivity index (χ1v) is 7.31. The van der Waals surface area contributed by atoms with Crippen molar-refractivity contribution in [3.8, 4) is 5.75 Å². The summed E-state index contributed by atoms with van der Waals surface area (Å²) in [7, 11) is 0. The minimum Gasteiger partial charge on any atom is -0.491 e. The van der Waals surface area contributed by atoms with Crippen LogP contribution in [0, 0.1) is 5.82 Å². The van der Waals surface area contributed by atoms with Crippen molar-refractivity contribution >= 4 is 23.5 Å². The first kappa shape index (κ1) is 17.6. The Morgan fingerprint density at radius 3 is 2.88 bits per heavy atom. The van der Waals surface area contributed by atoms with Crippen LogP contribution in [0.5, 0.6) is 5.75 Å². The number of rotatable bonds is 5. The molecule has 128 valence electrons. The highest BCUT2D eigenvalue weighted by molar-refractivity contribution is 6.30. The van der Waals surface area contributed by atoms with Gasteiger partial charge in [0.1, 0.15) is 23.9 Å². The Morgan fingerprint density at radius 1 is 1.50 bits per heavy atom. The van der Waals surface area contributed by atoms with Crippen LogP contribution in [0.15, 0.2) is 41.9 Å². The number of hydrogen-bond donors (Lipinski definition) is 4. The molecule has 0 aliphatic carbocycles. The summed E-state index contributed by atoms with van der Waals surface area (Å²) >= 11 is 5.58. The molecule has 3 amide bonds. The zero-order valence-corrected chi connectivity index (χ0v) is 13.5. The number of ether oxygens (including phenoxy) is 1. The molecule has 1 aliphatic rings. The second kappa shape index (κ2) is 7.22. The van der Waals surface area contributed by atoms with Crippen molar-refractivity contribution in [2.24, 2.45) is 5.73 Å². The number of amides is 3. The predicted molar refractivity (Wildman–Crippen MR) is 86.5 cm³/mol. The highest BCUT2D eigenvalue weighted by atomic mass is 35.5. The summed E-state index contributed by atoms with van der Waals surface area (Å²) in [5, 5.41) is 7.27. The van der Waals surface area contributed by atoms with Crippen LogP contribution in [0.2, 0.25) is 5.02 Å². The third-order valence-electron chi connectivity index (χ3n) is 3.09. The van der Waals surface area contributed by atoms with Gasteiger partial charge in [-0.1, -0.05) is 18.2 Å². The molecule has 0 saturated carbocycles. The Balaban J connectivity index is 1.94. The maximum absolute atomic E-state index is 13.3. The highest BCUT2D eigenvalue weighted by Crippen LogP contribution is 2.20. The van der Waals surface area contributed by atoms with E-state index in [2.05, 4.69) is 22.5 Å². The predicted octanol–water partition coefficient (Wildman–Crippen LogP) is 1.36. The van der Waals surface area contributed by atoms with Crippen LogP contribution in [0.4, 0.5) is 9.18 Å². The molecule has 0 unspecified atom stereocenters. The van der Waals surface area contributed by atoms with Gasteiger partial charge in [-0.05, 0) is 19.1 Å². The van der Waals surface area contributed by atoms with Crippen molar-refractivity contribution in [2.75, 3.05) is 6.61 Å². The van der Waals surface area contributed by atoms with Crippen molar-refractivity contribution in [3.05, 3.63) is 52.7 Å². The minimum atomic E-state index is -0.597. The topological polar surface area (TPSA) is 105 Å². The summed E-state index contributed by atoms with van der Waals surface area (Å²) in [5.41, 5.74) is 5.81. The van der Waals surface area contributed by atoms with E-state index in [0.717, 1.165) is 6.07 Å². The second-order valence-corrected chi connectivity index (χ2v) is 5.51. The summed E-state index contributed by atoms with van der Waals surface area (Å²) < 4.78 is 18.7. The average molecular weight is 355 g/mol.